The van der Waals surface area contributed by atoms with Gasteiger partial charge in [-0.3, -0.25) is 4.98 Å². The predicted octanol–water partition coefficient (Wildman–Crippen LogP) is 5.64. The van der Waals surface area contributed by atoms with Crippen molar-refractivity contribution in [1.29, 1.82) is 0 Å². The Morgan fingerprint density at radius 2 is 1.87 bits per heavy atom. The third-order valence-corrected chi connectivity index (χ3v) is 5.21. The summed E-state index contributed by atoms with van der Waals surface area (Å²) in [6.45, 7) is 0.312. The lowest BCUT2D eigenvalue weighted by Crippen LogP contribution is -2.04. The number of allylic oxidation sites excluding steroid dienone is 2. The van der Waals surface area contributed by atoms with Gasteiger partial charge in [-0.2, -0.15) is 0 Å². The fourth-order valence-corrected chi connectivity index (χ4v) is 3.67. The van der Waals surface area contributed by atoms with E-state index in [2.05, 4.69) is 9.97 Å². The molecule has 4 rings (SSSR count). The van der Waals surface area contributed by atoms with Crippen LogP contribution in [-0.2, 0) is 6.61 Å². The van der Waals surface area contributed by atoms with Crippen molar-refractivity contribution < 1.29 is 19.0 Å². The summed E-state index contributed by atoms with van der Waals surface area (Å²) < 4.78 is 20.1. The first-order chi connectivity index (χ1) is 14.5. The Balaban J connectivity index is 1.70. The van der Waals surface area contributed by atoms with Crippen LogP contribution in [0.5, 0.6) is 5.75 Å². The van der Waals surface area contributed by atoms with Crippen LogP contribution in [0, 0.1) is 5.82 Å². The second kappa shape index (κ2) is 8.63. The highest BCUT2D eigenvalue weighted by atomic mass is 35.5. The zero-order valence-electron chi connectivity index (χ0n) is 15.9. The summed E-state index contributed by atoms with van der Waals surface area (Å²) in [6.07, 6.45) is 5.04. The first-order valence-corrected chi connectivity index (χ1v) is 9.84. The van der Waals surface area contributed by atoms with Crippen LogP contribution in [0.25, 0.3) is 11.1 Å². The van der Waals surface area contributed by atoms with Crippen LogP contribution in [0.3, 0.4) is 0 Å². The highest BCUT2D eigenvalue weighted by Crippen LogP contribution is 2.42. The summed E-state index contributed by atoms with van der Waals surface area (Å²) in [6, 6.07) is 11.8. The summed E-state index contributed by atoms with van der Waals surface area (Å²) in [7, 11) is 0. The SMILES string of the molecule is O=C(O)c1cncc(C2=C(c3cc(F)ccc3OCc3ccc(Cl)cc3)CCC2)n1. The molecular weight excluding hydrogens is 407 g/mol. The van der Waals surface area contributed by atoms with Gasteiger partial charge in [0.15, 0.2) is 5.69 Å². The molecule has 5 nitrogen and oxygen atoms in total. The number of hydrogen-bond acceptors (Lipinski definition) is 4. The molecule has 2 aromatic carbocycles. The van der Waals surface area contributed by atoms with E-state index in [1.807, 2.05) is 12.1 Å². The molecule has 0 saturated heterocycles. The van der Waals surface area contributed by atoms with E-state index in [1.54, 1.807) is 24.4 Å². The topological polar surface area (TPSA) is 72.3 Å². The lowest BCUT2D eigenvalue weighted by Gasteiger charge is -2.15. The van der Waals surface area contributed by atoms with Crippen molar-refractivity contribution in [3.8, 4) is 5.75 Å². The standard InChI is InChI=1S/C23H18ClFN2O3/c24-15-6-4-14(5-7-15)13-30-22-9-8-16(25)10-19(22)17-2-1-3-18(17)20-11-26-12-21(27-20)23(28)29/h4-12H,1-3,13H2,(H,28,29). The van der Waals surface area contributed by atoms with Gasteiger partial charge in [0.1, 0.15) is 18.2 Å². The average molecular weight is 425 g/mol. The van der Waals surface area contributed by atoms with Crippen molar-refractivity contribution in [2.75, 3.05) is 0 Å². The maximum absolute atomic E-state index is 14.1. The van der Waals surface area contributed by atoms with Gasteiger partial charge in [-0.05, 0) is 66.3 Å². The molecule has 0 saturated carbocycles. The number of nitrogens with zero attached hydrogens (tertiary/aromatic N) is 2. The van der Waals surface area contributed by atoms with Crippen molar-refractivity contribution >= 4 is 28.7 Å². The van der Waals surface area contributed by atoms with E-state index >= 15 is 0 Å². The van der Waals surface area contributed by atoms with Crippen molar-refractivity contribution in [1.82, 2.24) is 9.97 Å². The third-order valence-electron chi connectivity index (χ3n) is 4.96. The number of carboxylic acid groups (broad SMARTS) is 1. The number of carboxylic acids is 1. The van der Waals surface area contributed by atoms with E-state index in [1.165, 1.54) is 18.3 Å². The van der Waals surface area contributed by atoms with Gasteiger partial charge in [0.05, 0.1) is 18.1 Å². The number of hydrogen-bond donors (Lipinski definition) is 1. The smallest absolute Gasteiger partial charge is 0.356 e. The minimum Gasteiger partial charge on any atom is -0.488 e. The fourth-order valence-electron chi connectivity index (χ4n) is 3.54. The normalized spacial score (nSPS) is 13.5. The van der Waals surface area contributed by atoms with Gasteiger partial charge >= 0.3 is 5.97 Å². The van der Waals surface area contributed by atoms with E-state index in [9.17, 15) is 14.3 Å². The molecule has 0 spiro atoms. The molecule has 1 aromatic heterocycles. The first-order valence-electron chi connectivity index (χ1n) is 9.46. The molecule has 0 bridgehead atoms. The zero-order chi connectivity index (χ0) is 21.1. The predicted molar refractivity (Wildman–Crippen MR) is 112 cm³/mol. The lowest BCUT2D eigenvalue weighted by atomic mass is 9.99. The van der Waals surface area contributed by atoms with Crippen LogP contribution in [0.1, 0.15) is 46.6 Å². The minimum absolute atomic E-state index is 0.121. The number of halogens is 2. The van der Waals surface area contributed by atoms with Crippen molar-refractivity contribution in [2.45, 2.75) is 25.9 Å². The Morgan fingerprint density at radius 3 is 2.63 bits per heavy atom. The Bertz CT molecular complexity index is 1130. The summed E-state index contributed by atoms with van der Waals surface area (Å²) in [5, 5.41) is 9.86. The van der Waals surface area contributed by atoms with Gasteiger partial charge < -0.3 is 9.84 Å². The molecule has 0 amide bonds. The third kappa shape index (κ3) is 4.33. The van der Waals surface area contributed by atoms with Gasteiger partial charge in [0.2, 0.25) is 0 Å². The van der Waals surface area contributed by atoms with Crippen molar-refractivity contribution in [2.24, 2.45) is 0 Å². The molecule has 1 aliphatic carbocycles. The largest absolute Gasteiger partial charge is 0.488 e. The molecule has 152 valence electrons. The van der Waals surface area contributed by atoms with Gasteiger partial charge in [-0.1, -0.05) is 23.7 Å². The molecular formula is C23H18ClFN2O3. The van der Waals surface area contributed by atoms with E-state index in [-0.39, 0.29) is 11.5 Å². The zero-order valence-corrected chi connectivity index (χ0v) is 16.7. The highest BCUT2D eigenvalue weighted by molar-refractivity contribution is 6.30. The maximum Gasteiger partial charge on any atom is 0.356 e. The number of aromatic nitrogens is 2. The molecule has 0 radical (unpaired) electrons. The molecule has 1 aliphatic rings. The summed E-state index contributed by atoms with van der Waals surface area (Å²) in [4.78, 5) is 19.5. The van der Waals surface area contributed by atoms with Crippen LogP contribution in [-0.4, -0.2) is 21.0 Å². The molecule has 30 heavy (non-hydrogen) atoms. The first kappa shape index (κ1) is 20.0. The van der Waals surface area contributed by atoms with Crippen LogP contribution >= 0.6 is 11.6 Å². The Morgan fingerprint density at radius 1 is 1.10 bits per heavy atom. The molecule has 0 atom stereocenters. The van der Waals surface area contributed by atoms with E-state index in [0.29, 0.717) is 35.1 Å². The second-order valence-corrected chi connectivity index (χ2v) is 7.40. The van der Waals surface area contributed by atoms with E-state index < -0.39 is 5.97 Å². The van der Waals surface area contributed by atoms with Gasteiger partial charge in [0.25, 0.3) is 0 Å². The van der Waals surface area contributed by atoms with E-state index in [0.717, 1.165) is 29.6 Å². The Labute approximate surface area is 177 Å². The molecule has 0 aliphatic heterocycles. The number of carbonyl (C=O) groups is 1. The highest BCUT2D eigenvalue weighted by Gasteiger charge is 2.23. The molecule has 7 heteroatoms. The number of benzene rings is 2. The van der Waals surface area contributed by atoms with Crippen LogP contribution in [0.2, 0.25) is 5.02 Å². The molecule has 0 unspecified atom stereocenters. The molecule has 1 heterocycles. The number of aromatic carboxylic acids is 1. The second-order valence-electron chi connectivity index (χ2n) is 6.96. The van der Waals surface area contributed by atoms with Crippen LogP contribution in [0.15, 0.2) is 54.9 Å². The lowest BCUT2D eigenvalue weighted by molar-refractivity contribution is 0.0690. The van der Waals surface area contributed by atoms with Crippen LogP contribution in [0.4, 0.5) is 4.39 Å². The van der Waals surface area contributed by atoms with Crippen molar-refractivity contribution in [3.63, 3.8) is 0 Å². The fraction of sp³-hybridized carbons (Fsp3) is 0.174. The van der Waals surface area contributed by atoms with E-state index in [4.69, 9.17) is 16.3 Å². The number of ether oxygens (including phenoxy) is 1. The van der Waals surface area contributed by atoms with Gasteiger partial charge in [0, 0.05) is 10.6 Å². The molecule has 1 N–H and O–H groups in total. The minimum atomic E-state index is -1.14. The Kier molecular flexibility index (Phi) is 5.77. The number of rotatable bonds is 6. The summed E-state index contributed by atoms with van der Waals surface area (Å²) in [5.41, 5.74) is 3.74. The molecule has 3 aromatic rings. The van der Waals surface area contributed by atoms with Crippen LogP contribution < -0.4 is 4.74 Å². The quantitative estimate of drug-likeness (QED) is 0.554. The summed E-state index contributed by atoms with van der Waals surface area (Å²) >= 11 is 5.93. The Hall–Kier alpha value is -3.25. The average Bonchev–Trinajstić information content (AvgIpc) is 3.24. The van der Waals surface area contributed by atoms with Gasteiger partial charge in [-0.25, -0.2) is 14.2 Å². The van der Waals surface area contributed by atoms with Crippen molar-refractivity contribution in [3.05, 3.63) is 88.2 Å². The monoisotopic (exact) mass is 424 g/mol. The molecule has 0 fully saturated rings. The maximum atomic E-state index is 14.1. The summed E-state index contributed by atoms with van der Waals surface area (Å²) in [5.74, 6) is -0.946. The van der Waals surface area contributed by atoms with Gasteiger partial charge in [-0.15, -0.1) is 0 Å².